The topological polar surface area (TPSA) is 21.6 Å². The fourth-order valence-corrected chi connectivity index (χ4v) is 2.32. The van der Waals surface area contributed by atoms with Gasteiger partial charge in [0, 0.05) is 22.6 Å². The molecule has 0 aliphatic carbocycles. The molecule has 0 N–H and O–H groups in total. The second-order valence-corrected chi connectivity index (χ2v) is 9.57. The molecule has 0 radical (unpaired) electrons. The molecule has 2 rings (SSSR count). The number of hydrogen-bond donors (Lipinski definition) is 0. The standard InChI is InChI=1S/C21H31NO/c1-19(2,3)15-12-16(22-13-15)14-10-17(20(4,5)6)23-18(11-14)21(7,8)9/h10-13H,1-9H3. The van der Waals surface area contributed by atoms with E-state index in [0.717, 1.165) is 22.8 Å². The molecule has 0 fully saturated rings. The van der Waals surface area contributed by atoms with E-state index in [2.05, 4.69) is 85.5 Å². The molecule has 0 unspecified atom stereocenters. The molecular formula is C21H31NO. The Bertz CT molecular complexity index is 615. The maximum absolute atomic E-state index is 6.21. The van der Waals surface area contributed by atoms with Crippen LogP contribution < -0.4 is 0 Å². The number of allylic oxidation sites excluding steroid dienone is 7. The second-order valence-electron chi connectivity index (χ2n) is 9.57. The van der Waals surface area contributed by atoms with E-state index in [1.165, 1.54) is 5.57 Å². The van der Waals surface area contributed by atoms with E-state index in [4.69, 9.17) is 4.74 Å². The Balaban J connectivity index is 2.55. The fourth-order valence-electron chi connectivity index (χ4n) is 2.32. The van der Waals surface area contributed by atoms with Gasteiger partial charge in [0.1, 0.15) is 11.5 Å². The van der Waals surface area contributed by atoms with Gasteiger partial charge in [-0.15, -0.1) is 0 Å². The van der Waals surface area contributed by atoms with Gasteiger partial charge in [-0.1, -0.05) is 62.3 Å². The minimum Gasteiger partial charge on any atom is -0.465 e. The summed E-state index contributed by atoms with van der Waals surface area (Å²) >= 11 is 0. The summed E-state index contributed by atoms with van der Waals surface area (Å²) < 4.78 is 6.21. The lowest BCUT2D eigenvalue weighted by molar-refractivity contribution is 0.161. The minimum absolute atomic E-state index is 0.0323. The number of rotatable bonds is 0. The fraction of sp³-hybridized carbons (Fsp3) is 0.571. The van der Waals surface area contributed by atoms with Crippen molar-refractivity contribution in [3.8, 4) is 0 Å². The van der Waals surface area contributed by atoms with Crippen LogP contribution in [0.25, 0.3) is 0 Å². The Morgan fingerprint density at radius 3 is 1.52 bits per heavy atom. The Hall–Kier alpha value is -1.57. The van der Waals surface area contributed by atoms with Crippen LogP contribution in [0.2, 0.25) is 0 Å². The third kappa shape index (κ3) is 4.04. The molecule has 2 aliphatic heterocycles. The van der Waals surface area contributed by atoms with Crippen molar-refractivity contribution in [2.45, 2.75) is 62.3 Å². The van der Waals surface area contributed by atoms with Crippen molar-refractivity contribution in [2.24, 2.45) is 21.2 Å². The van der Waals surface area contributed by atoms with Crippen LogP contribution in [0.5, 0.6) is 0 Å². The SMILES string of the molecule is CC(C)(C)C1=CC(=C2C=C(C(C)(C)C)OC(C(C)(C)C)=C2)N=C1. The van der Waals surface area contributed by atoms with Crippen LogP contribution in [-0.2, 0) is 4.74 Å². The first-order chi connectivity index (χ1) is 10.3. The molecule has 0 aromatic rings. The second kappa shape index (κ2) is 5.51. The van der Waals surface area contributed by atoms with Gasteiger partial charge < -0.3 is 4.74 Å². The Labute approximate surface area is 141 Å². The van der Waals surface area contributed by atoms with Gasteiger partial charge in [-0.2, -0.15) is 0 Å². The van der Waals surface area contributed by atoms with Crippen LogP contribution in [0.4, 0.5) is 0 Å². The summed E-state index contributed by atoms with van der Waals surface area (Å²) in [4.78, 5) is 4.66. The Morgan fingerprint density at radius 1 is 0.696 bits per heavy atom. The van der Waals surface area contributed by atoms with Crippen molar-refractivity contribution in [3.05, 3.63) is 46.6 Å². The highest BCUT2D eigenvalue weighted by atomic mass is 16.5. The summed E-state index contributed by atoms with van der Waals surface area (Å²) in [5, 5.41) is 0. The highest BCUT2D eigenvalue weighted by Crippen LogP contribution is 2.40. The molecule has 0 saturated heterocycles. The van der Waals surface area contributed by atoms with Crippen LogP contribution in [0, 0.1) is 16.2 Å². The smallest absolute Gasteiger partial charge is 0.110 e. The molecule has 0 spiro atoms. The number of aliphatic imine (C=N–C) groups is 1. The molecule has 0 saturated carbocycles. The quantitative estimate of drug-likeness (QED) is 0.522. The minimum atomic E-state index is -0.0323. The normalized spacial score (nSPS) is 19.4. The number of nitrogens with zero attached hydrogens (tertiary/aromatic N) is 1. The van der Waals surface area contributed by atoms with Crippen molar-refractivity contribution in [1.29, 1.82) is 0 Å². The summed E-state index contributed by atoms with van der Waals surface area (Å²) in [6.45, 7) is 19.7. The molecule has 0 atom stereocenters. The summed E-state index contributed by atoms with van der Waals surface area (Å²) in [5.74, 6) is 2.00. The van der Waals surface area contributed by atoms with Crippen LogP contribution in [0.15, 0.2) is 51.6 Å². The van der Waals surface area contributed by atoms with Gasteiger partial charge in [0.05, 0.1) is 5.70 Å². The van der Waals surface area contributed by atoms with Gasteiger partial charge in [-0.05, 0) is 29.2 Å². The highest BCUT2D eigenvalue weighted by molar-refractivity contribution is 5.86. The first-order valence-corrected chi connectivity index (χ1v) is 8.41. The van der Waals surface area contributed by atoms with Gasteiger partial charge in [0.15, 0.2) is 0 Å². The molecule has 0 bridgehead atoms. The van der Waals surface area contributed by atoms with E-state index in [1.54, 1.807) is 0 Å². The predicted molar refractivity (Wildman–Crippen MR) is 99.2 cm³/mol. The lowest BCUT2D eigenvalue weighted by Gasteiger charge is -2.32. The van der Waals surface area contributed by atoms with Gasteiger partial charge >= 0.3 is 0 Å². The molecule has 0 aromatic heterocycles. The lowest BCUT2D eigenvalue weighted by Crippen LogP contribution is -2.21. The molecule has 126 valence electrons. The summed E-state index contributed by atoms with van der Waals surface area (Å²) in [6.07, 6.45) is 8.48. The van der Waals surface area contributed by atoms with Gasteiger partial charge in [0.2, 0.25) is 0 Å². The first kappa shape index (κ1) is 17.8. The molecule has 2 heteroatoms. The van der Waals surface area contributed by atoms with Crippen molar-refractivity contribution in [1.82, 2.24) is 0 Å². The Kier molecular flexibility index (Phi) is 4.26. The van der Waals surface area contributed by atoms with Crippen LogP contribution in [0.1, 0.15) is 62.3 Å². The van der Waals surface area contributed by atoms with Crippen molar-refractivity contribution < 1.29 is 4.74 Å². The zero-order valence-electron chi connectivity index (χ0n) is 16.2. The highest BCUT2D eigenvalue weighted by Gasteiger charge is 2.30. The summed E-state index contributed by atoms with van der Waals surface area (Å²) in [7, 11) is 0. The van der Waals surface area contributed by atoms with E-state index in [1.807, 2.05) is 6.21 Å². The van der Waals surface area contributed by atoms with Gasteiger partial charge in [-0.3, -0.25) is 4.99 Å². The van der Waals surface area contributed by atoms with Crippen LogP contribution >= 0.6 is 0 Å². The molecular weight excluding hydrogens is 282 g/mol. The third-order valence-corrected chi connectivity index (χ3v) is 4.07. The molecule has 23 heavy (non-hydrogen) atoms. The maximum atomic E-state index is 6.21. The van der Waals surface area contributed by atoms with Gasteiger partial charge in [0.25, 0.3) is 0 Å². The van der Waals surface area contributed by atoms with Crippen molar-refractivity contribution in [2.75, 3.05) is 0 Å². The molecule has 0 amide bonds. The molecule has 2 heterocycles. The largest absolute Gasteiger partial charge is 0.465 e. The number of ether oxygens (including phenoxy) is 1. The average molecular weight is 313 g/mol. The Morgan fingerprint density at radius 2 is 1.17 bits per heavy atom. The van der Waals surface area contributed by atoms with Gasteiger partial charge in [-0.25, -0.2) is 0 Å². The summed E-state index contributed by atoms with van der Waals surface area (Å²) in [6, 6.07) is 0. The maximum Gasteiger partial charge on any atom is 0.110 e. The summed E-state index contributed by atoms with van der Waals surface area (Å²) in [5.41, 5.74) is 3.49. The molecule has 2 aliphatic rings. The predicted octanol–water partition coefficient (Wildman–Crippen LogP) is 6.19. The van der Waals surface area contributed by atoms with E-state index >= 15 is 0 Å². The van der Waals surface area contributed by atoms with Crippen LogP contribution in [-0.4, -0.2) is 6.21 Å². The van der Waals surface area contributed by atoms with E-state index in [9.17, 15) is 0 Å². The average Bonchev–Trinajstić information content (AvgIpc) is 2.85. The van der Waals surface area contributed by atoms with E-state index in [-0.39, 0.29) is 16.2 Å². The molecule has 0 aromatic carbocycles. The zero-order valence-corrected chi connectivity index (χ0v) is 16.2. The van der Waals surface area contributed by atoms with Crippen molar-refractivity contribution in [3.63, 3.8) is 0 Å². The van der Waals surface area contributed by atoms with Crippen molar-refractivity contribution >= 4 is 6.21 Å². The lowest BCUT2D eigenvalue weighted by atomic mass is 9.85. The first-order valence-electron chi connectivity index (χ1n) is 8.41. The zero-order chi connectivity index (χ0) is 17.6. The number of hydrogen-bond acceptors (Lipinski definition) is 2. The molecule has 2 nitrogen and oxygen atoms in total. The monoisotopic (exact) mass is 313 g/mol. The third-order valence-electron chi connectivity index (χ3n) is 4.07. The van der Waals surface area contributed by atoms with Crippen LogP contribution in [0.3, 0.4) is 0 Å². The van der Waals surface area contributed by atoms with E-state index < -0.39 is 0 Å². The van der Waals surface area contributed by atoms with E-state index in [0.29, 0.717) is 0 Å².